The summed E-state index contributed by atoms with van der Waals surface area (Å²) in [5.74, 6) is 4.75. The molecule has 1 amide bonds. The van der Waals surface area contributed by atoms with Gasteiger partial charge in [-0.05, 0) is 30.0 Å². The molecule has 1 atom stereocenters. The molecule has 19 heavy (non-hydrogen) atoms. The van der Waals surface area contributed by atoms with Gasteiger partial charge in [0.2, 0.25) is 0 Å². The molecular formula is C15H17FN2O. The normalized spacial score (nSPS) is 19.3. The Balaban J connectivity index is 2.21. The SMILES string of the molecule is CC1(C)CC1NC(=O)c1ccc(F)cc1C#CCN. The number of nitrogens with one attached hydrogen (secondary N) is 1. The van der Waals surface area contributed by atoms with E-state index in [-0.39, 0.29) is 23.9 Å². The van der Waals surface area contributed by atoms with E-state index in [0.29, 0.717) is 11.1 Å². The maximum atomic E-state index is 13.2. The number of benzene rings is 1. The lowest BCUT2D eigenvalue weighted by atomic mass is 10.1. The molecule has 0 bridgehead atoms. The van der Waals surface area contributed by atoms with Gasteiger partial charge >= 0.3 is 0 Å². The minimum absolute atomic E-state index is 0.152. The molecule has 2 rings (SSSR count). The summed E-state index contributed by atoms with van der Waals surface area (Å²) in [4.78, 5) is 12.1. The van der Waals surface area contributed by atoms with Crippen molar-refractivity contribution in [3.05, 3.63) is 35.1 Å². The smallest absolute Gasteiger partial charge is 0.252 e. The number of halogens is 1. The molecule has 0 aromatic heterocycles. The molecule has 4 heteroatoms. The van der Waals surface area contributed by atoms with E-state index in [1.807, 2.05) is 0 Å². The summed E-state index contributed by atoms with van der Waals surface area (Å²) in [7, 11) is 0. The van der Waals surface area contributed by atoms with Crippen LogP contribution in [0, 0.1) is 23.1 Å². The van der Waals surface area contributed by atoms with Crippen molar-refractivity contribution in [2.24, 2.45) is 11.1 Å². The average Bonchev–Trinajstić information content (AvgIpc) is 2.93. The zero-order chi connectivity index (χ0) is 14.0. The predicted molar refractivity (Wildman–Crippen MR) is 72.0 cm³/mol. The molecule has 0 aliphatic heterocycles. The summed E-state index contributed by atoms with van der Waals surface area (Å²) in [6.07, 6.45) is 0.962. The van der Waals surface area contributed by atoms with Crippen molar-refractivity contribution < 1.29 is 9.18 Å². The average molecular weight is 260 g/mol. The fraction of sp³-hybridized carbons (Fsp3) is 0.400. The Morgan fingerprint density at radius 2 is 2.26 bits per heavy atom. The van der Waals surface area contributed by atoms with Gasteiger partial charge in [-0.1, -0.05) is 25.7 Å². The van der Waals surface area contributed by atoms with Crippen molar-refractivity contribution in [2.45, 2.75) is 26.3 Å². The van der Waals surface area contributed by atoms with Gasteiger partial charge in [-0.3, -0.25) is 4.79 Å². The number of carbonyl (C=O) groups excluding carboxylic acids is 1. The van der Waals surface area contributed by atoms with Crippen LogP contribution in [-0.4, -0.2) is 18.5 Å². The maximum absolute atomic E-state index is 13.2. The van der Waals surface area contributed by atoms with Gasteiger partial charge in [0, 0.05) is 11.6 Å². The van der Waals surface area contributed by atoms with E-state index in [1.54, 1.807) is 0 Å². The van der Waals surface area contributed by atoms with Crippen LogP contribution in [0.25, 0.3) is 0 Å². The van der Waals surface area contributed by atoms with Crippen LogP contribution in [0.15, 0.2) is 18.2 Å². The van der Waals surface area contributed by atoms with Gasteiger partial charge in [-0.2, -0.15) is 0 Å². The monoisotopic (exact) mass is 260 g/mol. The van der Waals surface area contributed by atoms with E-state index in [2.05, 4.69) is 31.0 Å². The second-order valence-corrected chi connectivity index (χ2v) is 5.41. The van der Waals surface area contributed by atoms with Crippen LogP contribution in [0.5, 0.6) is 0 Å². The van der Waals surface area contributed by atoms with Gasteiger partial charge in [0.25, 0.3) is 5.91 Å². The third-order valence-corrected chi connectivity index (χ3v) is 3.37. The van der Waals surface area contributed by atoms with Crippen molar-refractivity contribution in [3.8, 4) is 11.8 Å². The molecule has 3 N–H and O–H groups in total. The Morgan fingerprint density at radius 1 is 1.58 bits per heavy atom. The Morgan fingerprint density at radius 3 is 2.84 bits per heavy atom. The highest BCUT2D eigenvalue weighted by Gasteiger charge is 2.46. The summed E-state index contributed by atoms with van der Waals surface area (Å²) in [6.45, 7) is 4.36. The second kappa shape index (κ2) is 5.02. The minimum Gasteiger partial charge on any atom is -0.349 e. The lowest BCUT2D eigenvalue weighted by Crippen LogP contribution is -2.29. The zero-order valence-corrected chi connectivity index (χ0v) is 11.1. The van der Waals surface area contributed by atoms with E-state index in [9.17, 15) is 9.18 Å². The van der Waals surface area contributed by atoms with Crippen LogP contribution in [0.2, 0.25) is 0 Å². The molecule has 0 spiro atoms. The number of nitrogens with two attached hydrogens (primary N) is 1. The molecule has 0 heterocycles. The van der Waals surface area contributed by atoms with Gasteiger partial charge in [-0.15, -0.1) is 0 Å². The van der Waals surface area contributed by atoms with Gasteiger partial charge in [-0.25, -0.2) is 4.39 Å². The molecule has 3 nitrogen and oxygen atoms in total. The molecule has 1 fully saturated rings. The van der Waals surface area contributed by atoms with Crippen molar-refractivity contribution in [1.29, 1.82) is 0 Å². The van der Waals surface area contributed by atoms with Gasteiger partial charge < -0.3 is 11.1 Å². The highest BCUT2D eigenvalue weighted by atomic mass is 19.1. The van der Waals surface area contributed by atoms with Gasteiger partial charge in [0.05, 0.1) is 12.1 Å². The van der Waals surface area contributed by atoms with Crippen molar-refractivity contribution in [3.63, 3.8) is 0 Å². The molecule has 0 radical (unpaired) electrons. The standard InChI is InChI=1S/C15H17FN2O/c1-15(2)9-13(15)18-14(19)12-6-5-11(16)8-10(12)4-3-7-17/h5-6,8,13H,7,9,17H2,1-2H3,(H,18,19). The third kappa shape index (κ3) is 3.12. The summed E-state index contributed by atoms with van der Waals surface area (Å²) in [5.41, 5.74) is 6.22. The molecular weight excluding hydrogens is 243 g/mol. The number of amides is 1. The minimum atomic E-state index is -0.412. The van der Waals surface area contributed by atoms with Gasteiger partial charge in [0.15, 0.2) is 0 Å². The summed E-state index contributed by atoms with van der Waals surface area (Å²) in [5, 5.41) is 2.94. The van der Waals surface area contributed by atoms with E-state index in [0.717, 1.165) is 6.42 Å². The first-order chi connectivity index (χ1) is 8.94. The maximum Gasteiger partial charge on any atom is 0.252 e. The summed E-state index contributed by atoms with van der Waals surface area (Å²) >= 11 is 0. The van der Waals surface area contributed by atoms with Crippen molar-refractivity contribution in [2.75, 3.05) is 6.54 Å². The van der Waals surface area contributed by atoms with E-state index >= 15 is 0 Å². The lowest BCUT2D eigenvalue weighted by Gasteiger charge is -2.08. The van der Waals surface area contributed by atoms with Crippen LogP contribution >= 0.6 is 0 Å². The number of hydrogen-bond acceptors (Lipinski definition) is 2. The van der Waals surface area contributed by atoms with Gasteiger partial charge in [0.1, 0.15) is 5.82 Å². The highest BCUT2D eigenvalue weighted by molar-refractivity contribution is 5.97. The van der Waals surface area contributed by atoms with Crippen LogP contribution in [0.1, 0.15) is 36.2 Å². The Bertz CT molecular complexity index is 569. The van der Waals surface area contributed by atoms with E-state index in [1.165, 1.54) is 18.2 Å². The first-order valence-electron chi connectivity index (χ1n) is 6.23. The number of rotatable bonds is 2. The molecule has 1 aromatic carbocycles. The Hall–Kier alpha value is -1.86. The lowest BCUT2D eigenvalue weighted by molar-refractivity contribution is 0.0946. The first-order valence-corrected chi connectivity index (χ1v) is 6.23. The van der Waals surface area contributed by atoms with Crippen LogP contribution in [0.4, 0.5) is 4.39 Å². The summed E-state index contributed by atoms with van der Waals surface area (Å²) in [6, 6.07) is 4.16. The molecule has 1 unspecified atom stereocenters. The van der Waals surface area contributed by atoms with Crippen LogP contribution in [-0.2, 0) is 0 Å². The fourth-order valence-electron chi connectivity index (χ4n) is 1.91. The molecule has 100 valence electrons. The topological polar surface area (TPSA) is 55.1 Å². The van der Waals surface area contributed by atoms with E-state index < -0.39 is 5.82 Å². The Labute approximate surface area is 112 Å². The largest absolute Gasteiger partial charge is 0.349 e. The number of hydrogen-bond donors (Lipinski definition) is 2. The predicted octanol–water partition coefficient (Wildman–Crippen LogP) is 1.66. The molecule has 1 aliphatic carbocycles. The van der Waals surface area contributed by atoms with Crippen LogP contribution < -0.4 is 11.1 Å². The highest BCUT2D eigenvalue weighted by Crippen LogP contribution is 2.44. The third-order valence-electron chi connectivity index (χ3n) is 3.37. The molecule has 1 aromatic rings. The molecule has 1 aliphatic rings. The summed E-state index contributed by atoms with van der Waals surface area (Å²) < 4.78 is 13.2. The first kappa shape index (κ1) is 13.6. The van der Waals surface area contributed by atoms with Crippen molar-refractivity contribution >= 4 is 5.91 Å². The van der Waals surface area contributed by atoms with E-state index in [4.69, 9.17) is 5.73 Å². The van der Waals surface area contributed by atoms with Crippen molar-refractivity contribution in [1.82, 2.24) is 5.32 Å². The Kier molecular flexibility index (Phi) is 3.59. The number of carbonyl (C=O) groups is 1. The second-order valence-electron chi connectivity index (χ2n) is 5.41. The zero-order valence-electron chi connectivity index (χ0n) is 11.1. The quantitative estimate of drug-likeness (QED) is 0.795. The van der Waals surface area contributed by atoms with Crippen LogP contribution in [0.3, 0.4) is 0 Å². The molecule has 0 saturated heterocycles. The fourth-order valence-corrected chi connectivity index (χ4v) is 1.91. The molecule has 1 saturated carbocycles.